The molecule has 0 radical (unpaired) electrons. The van der Waals surface area contributed by atoms with Crippen LogP contribution in [-0.2, 0) is 47.7 Å². The van der Waals surface area contributed by atoms with Gasteiger partial charge in [-0.1, -0.05) is 134 Å². The standard InChI is InChI=1S/C54H92O11.C4H10.CH2O.CH4.H2O/c1-14-16-20-33(3)27-43(61-11)31-42-26-24-39(9)54(60,65-42)52(58)40(10)44-21-17-18-22-45(44)53(59)64-48(37(7)29-41-25-23-34(4)47(30-41)62-12)32-46(55)36(6)28-38(8)50(57)51(63-13)49(56)35(5)19-15-2;1-3-4-2;1-2;;/h16,20,33-39,41-45,47-48,50-51,57,60H,10,14-15,17-19,21-32H2,1-9,11-13H3;3-4H2,1-2H3;1H2;1H4;1H2/b20-16+;;;;. The minimum absolute atomic E-state index is 0. The van der Waals surface area contributed by atoms with Gasteiger partial charge in [0.15, 0.2) is 5.78 Å². The van der Waals surface area contributed by atoms with Gasteiger partial charge in [0.05, 0.1) is 30.3 Å². The number of Topliss-reactive ketones (excluding diaryl/α,β-unsaturated/α-hetero) is 3. The van der Waals surface area contributed by atoms with Crippen LogP contribution < -0.4 is 0 Å². The van der Waals surface area contributed by atoms with Crippen molar-refractivity contribution in [3.05, 3.63) is 24.3 Å². The number of aliphatic hydroxyl groups excluding tert-OH is 1. The van der Waals surface area contributed by atoms with Crippen LogP contribution in [0.5, 0.6) is 0 Å². The molecule has 3 aliphatic rings. The molecule has 2 aliphatic carbocycles. The van der Waals surface area contributed by atoms with Gasteiger partial charge in [0.1, 0.15) is 24.8 Å². The van der Waals surface area contributed by atoms with E-state index in [-0.39, 0.29) is 66.6 Å². The fourth-order valence-electron chi connectivity index (χ4n) is 11.2. The number of carbonyl (C=O) groups excluding carboxylic acids is 5. The maximum atomic E-state index is 14.6. The van der Waals surface area contributed by atoms with Gasteiger partial charge in [-0.2, -0.15) is 0 Å². The first kappa shape index (κ1) is 72.4. The molecule has 17 unspecified atom stereocenters. The van der Waals surface area contributed by atoms with Crippen molar-refractivity contribution in [3.8, 4) is 0 Å². The number of unbranched alkanes of at least 4 members (excludes halogenated alkanes) is 1. The molecule has 0 aromatic heterocycles. The van der Waals surface area contributed by atoms with Gasteiger partial charge >= 0.3 is 5.97 Å². The Hall–Kier alpha value is -2.65. The molecular formula is C60H110O13. The first-order valence-electron chi connectivity index (χ1n) is 27.8. The minimum Gasteiger partial charge on any atom is -0.461 e. The van der Waals surface area contributed by atoms with Gasteiger partial charge in [-0.05, 0) is 119 Å². The fraction of sp³-hybridized carbons (Fsp3) is 0.850. The molecule has 0 amide bonds. The van der Waals surface area contributed by atoms with Gasteiger partial charge in [-0.25, -0.2) is 0 Å². The fourth-order valence-corrected chi connectivity index (χ4v) is 11.2. The summed E-state index contributed by atoms with van der Waals surface area (Å²) in [5.74, 6) is -5.19. The van der Waals surface area contributed by atoms with Crippen LogP contribution in [0.4, 0.5) is 0 Å². The summed E-state index contributed by atoms with van der Waals surface area (Å²) < 4.78 is 30.0. The third-order valence-electron chi connectivity index (χ3n) is 16.2. The van der Waals surface area contributed by atoms with Crippen molar-refractivity contribution in [1.29, 1.82) is 0 Å². The molecule has 1 heterocycles. The highest BCUT2D eigenvalue weighted by atomic mass is 16.6. The second-order valence-corrected chi connectivity index (χ2v) is 22.1. The molecule has 3 rings (SSSR count). The zero-order valence-electron chi connectivity index (χ0n) is 47.7. The third kappa shape index (κ3) is 22.8. The summed E-state index contributed by atoms with van der Waals surface area (Å²) in [6.07, 6.45) is 15.7. The molecule has 1 saturated heterocycles. The maximum absolute atomic E-state index is 14.6. The van der Waals surface area contributed by atoms with Gasteiger partial charge in [-0.3, -0.25) is 19.2 Å². The quantitative estimate of drug-likeness (QED) is 0.0408. The predicted octanol–water partition coefficient (Wildman–Crippen LogP) is 11.6. The van der Waals surface area contributed by atoms with Crippen LogP contribution in [0.15, 0.2) is 24.3 Å². The summed E-state index contributed by atoms with van der Waals surface area (Å²) in [6, 6.07) is 0. The zero-order valence-corrected chi connectivity index (χ0v) is 47.7. The lowest BCUT2D eigenvalue weighted by Gasteiger charge is -2.43. The Morgan fingerprint density at radius 3 is 1.96 bits per heavy atom. The highest BCUT2D eigenvalue weighted by Crippen LogP contribution is 2.43. The van der Waals surface area contributed by atoms with Gasteiger partial charge in [-0.15, -0.1) is 0 Å². The first-order valence-corrected chi connectivity index (χ1v) is 27.8. The Kier molecular flexibility index (Phi) is 37.7. The number of hydrogen-bond acceptors (Lipinski definition) is 12. The topological polar surface area (TPSA) is 203 Å². The lowest BCUT2D eigenvalue weighted by atomic mass is 9.72. The van der Waals surface area contributed by atoms with Crippen molar-refractivity contribution >= 4 is 30.1 Å². The van der Waals surface area contributed by atoms with Crippen LogP contribution >= 0.6 is 0 Å². The molecule has 13 nitrogen and oxygen atoms in total. The number of ketones is 3. The Labute approximate surface area is 444 Å². The molecule has 2 saturated carbocycles. The number of ether oxygens (including phenoxy) is 5. The van der Waals surface area contributed by atoms with Gasteiger partial charge < -0.3 is 44.2 Å². The van der Waals surface area contributed by atoms with E-state index in [0.717, 1.165) is 57.8 Å². The molecule has 0 aromatic carbocycles. The number of aliphatic hydroxyl groups is 2. The molecule has 428 valence electrons. The molecule has 0 aromatic rings. The number of hydrogen-bond donors (Lipinski definition) is 2. The summed E-state index contributed by atoms with van der Waals surface area (Å²) >= 11 is 0. The van der Waals surface area contributed by atoms with Gasteiger partial charge in [0.2, 0.25) is 11.6 Å². The molecule has 0 spiro atoms. The Balaban J connectivity index is 0. The van der Waals surface area contributed by atoms with Crippen molar-refractivity contribution in [2.45, 2.75) is 248 Å². The highest BCUT2D eigenvalue weighted by Gasteiger charge is 2.51. The average molecular weight is 1040 g/mol. The van der Waals surface area contributed by atoms with Gasteiger partial charge in [0, 0.05) is 51.4 Å². The molecule has 73 heavy (non-hydrogen) atoms. The smallest absolute Gasteiger partial charge is 0.309 e. The van der Waals surface area contributed by atoms with Crippen molar-refractivity contribution in [3.63, 3.8) is 0 Å². The van der Waals surface area contributed by atoms with Crippen molar-refractivity contribution in [2.24, 2.45) is 59.2 Å². The van der Waals surface area contributed by atoms with E-state index in [1.807, 2.05) is 41.4 Å². The van der Waals surface area contributed by atoms with E-state index >= 15 is 0 Å². The van der Waals surface area contributed by atoms with E-state index in [4.69, 9.17) is 28.5 Å². The summed E-state index contributed by atoms with van der Waals surface area (Å²) in [5, 5.41) is 23.4. The number of rotatable bonds is 29. The molecule has 0 bridgehead atoms. The van der Waals surface area contributed by atoms with Crippen LogP contribution in [0.2, 0.25) is 0 Å². The van der Waals surface area contributed by atoms with E-state index in [1.165, 1.54) is 20.0 Å². The van der Waals surface area contributed by atoms with Crippen molar-refractivity contribution in [1.82, 2.24) is 0 Å². The van der Waals surface area contributed by atoms with E-state index in [1.54, 1.807) is 14.2 Å². The third-order valence-corrected chi connectivity index (χ3v) is 16.2. The first-order chi connectivity index (χ1) is 33.7. The van der Waals surface area contributed by atoms with Crippen LogP contribution in [-0.4, -0.2) is 110 Å². The minimum atomic E-state index is -2.08. The monoisotopic (exact) mass is 1040 g/mol. The largest absolute Gasteiger partial charge is 0.461 e. The molecule has 1 aliphatic heterocycles. The van der Waals surface area contributed by atoms with Crippen molar-refractivity contribution in [2.75, 3.05) is 21.3 Å². The Bertz CT molecular complexity index is 1580. The lowest BCUT2D eigenvalue weighted by molar-refractivity contribution is -0.265. The number of allylic oxidation sites excluding steroid dienone is 2. The van der Waals surface area contributed by atoms with E-state index in [9.17, 15) is 29.4 Å². The Morgan fingerprint density at radius 2 is 1.41 bits per heavy atom. The summed E-state index contributed by atoms with van der Waals surface area (Å²) in [5.41, 5.74) is 0.184. The van der Waals surface area contributed by atoms with Gasteiger partial charge in [0.25, 0.3) is 0 Å². The Morgan fingerprint density at radius 1 is 0.795 bits per heavy atom. The number of methoxy groups -OCH3 is 3. The average Bonchev–Trinajstić information content (AvgIpc) is 3.36. The van der Waals surface area contributed by atoms with Crippen LogP contribution in [0.25, 0.3) is 0 Å². The number of esters is 1. The normalized spacial score (nSPS) is 27.7. The van der Waals surface area contributed by atoms with Crippen LogP contribution in [0, 0.1) is 59.2 Å². The molecular weight excluding hydrogens is 929 g/mol. The van der Waals surface area contributed by atoms with Crippen LogP contribution in [0.3, 0.4) is 0 Å². The number of carbonyl (C=O) groups is 5. The second-order valence-electron chi connectivity index (χ2n) is 22.1. The molecule has 3 fully saturated rings. The molecule has 13 heteroatoms. The zero-order chi connectivity index (χ0) is 54.0. The van der Waals surface area contributed by atoms with Crippen molar-refractivity contribution < 1.29 is 63.3 Å². The second kappa shape index (κ2) is 38.0. The summed E-state index contributed by atoms with van der Waals surface area (Å²) in [6.45, 7) is 28.5. The molecule has 4 N–H and O–H groups in total. The van der Waals surface area contributed by atoms with Crippen LogP contribution in [0.1, 0.15) is 206 Å². The summed E-state index contributed by atoms with van der Waals surface area (Å²) in [4.78, 5) is 64.4. The summed E-state index contributed by atoms with van der Waals surface area (Å²) in [7, 11) is 4.88. The van der Waals surface area contributed by atoms with E-state index in [2.05, 4.69) is 60.3 Å². The maximum Gasteiger partial charge on any atom is 0.309 e. The SMILES string of the molecule is C.C=C(C(=O)C1(O)OC(CC(CC(C)/C=C/CC)OC)CCC1C)C1CCCCC1C(=O)OC(CC(=O)C(C)CC(C)C(O)C(OC)C(=O)C(C)CCC)C(C)CC1CCC(C)C(OC)C1.C=O.CCCC.O. The lowest BCUT2D eigenvalue weighted by Crippen LogP contribution is -2.54. The van der Waals surface area contributed by atoms with E-state index in [0.29, 0.717) is 62.7 Å². The predicted molar refractivity (Wildman–Crippen MR) is 294 cm³/mol. The molecule has 17 atom stereocenters. The van der Waals surface area contributed by atoms with E-state index < -0.39 is 65.4 Å². The highest BCUT2D eigenvalue weighted by molar-refractivity contribution is 6.01.